The predicted octanol–water partition coefficient (Wildman–Crippen LogP) is 1.32. The molecule has 1 saturated heterocycles. The van der Waals surface area contributed by atoms with E-state index in [1.165, 1.54) is 0 Å². The monoisotopic (exact) mass is 276 g/mol. The molecule has 1 aromatic rings. The van der Waals surface area contributed by atoms with Crippen molar-refractivity contribution in [2.24, 2.45) is 5.41 Å². The number of carboxylic acid groups (broad SMARTS) is 1. The lowest BCUT2D eigenvalue weighted by atomic mass is 9.81. The molecule has 5 heteroatoms. The summed E-state index contributed by atoms with van der Waals surface area (Å²) in [6, 6.07) is 7.77. The van der Waals surface area contributed by atoms with Gasteiger partial charge in [0.1, 0.15) is 0 Å². The Bertz CT molecular complexity index is 481. The molecular weight excluding hydrogens is 256 g/mol. The molecule has 1 amide bonds. The van der Waals surface area contributed by atoms with E-state index in [1.807, 2.05) is 13.0 Å². The van der Waals surface area contributed by atoms with Crippen molar-refractivity contribution in [1.29, 1.82) is 0 Å². The minimum atomic E-state index is -1.04. The van der Waals surface area contributed by atoms with Gasteiger partial charge in [-0.05, 0) is 31.9 Å². The molecule has 0 spiro atoms. The van der Waals surface area contributed by atoms with Crippen molar-refractivity contribution < 1.29 is 14.7 Å². The minimum absolute atomic E-state index is 0.207. The number of rotatable bonds is 4. The lowest BCUT2D eigenvalue weighted by Gasteiger charge is -2.33. The van der Waals surface area contributed by atoms with Crippen LogP contribution in [-0.2, 0) is 9.59 Å². The molecule has 5 nitrogen and oxygen atoms in total. The van der Waals surface area contributed by atoms with E-state index in [1.54, 1.807) is 24.3 Å². The fourth-order valence-corrected chi connectivity index (χ4v) is 2.49. The number of hydrogen-bond donors (Lipinski definition) is 3. The molecule has 0 saturated carbocycles. The lowest BCUT2D eigenvalue weighted by Crippen LogP contribution is -2.50. The highest BCUT2D eigenvalue weighted by molar-refractivity contribution is 5.88. The predicted molar refractivity (Wildman–Crippen MR) is 75.2 cm³/mol. The van der Waals surface area contributed by atoms with Crippen LogP contribution in [0.1, 0.15) is 31.4 Å². The third kappa shape index (κ3) is 3.17. The molecule has 1 aromatic carbocycles. The molecule has 2 atom stereocenters. The molecule has 0 bridgehead atoms. The molecule has 0 aliphatic carbocycles. The van der Waals surface area contributed by atoms with Crippen molar-refractivity contribution in [2.45, 2.75) is 25.8 Å². The van der Waals surface area contributed by atoms with Gasteiger partial charge >= 0.3 is 5.97 Å². The smallest absolute Gasteiger partial charge is 0.330 e. The number of aliphatic carboxylic acids is 1. The molecule has 3 N–H and O–H groups in total. The molecule has 20 heavy (non-hydrogen) atoms. The van der Waals surface area contributed by atoms with E-state index in [0.29, 0.717) is 12.1 Å². The van der Waals surface area contributed by atoms with E-state index in [9.17, 15) is 14.7 Å². The zero-order valence-electron chi connectivity index (χ0n) is 11.6. The van der Waals surface area contributed by atoms with Gasteiger partial charge in [-0.2, -0.15) is 0 Å². The van der Waals surface area contributed by atoms with Crippen molar-refractivity contribution >= 4 is 11.9 Å². The highest BCUT2D eigenvalue weighted by Crippen LogP contribution is 2.27. The first-order chi connectivity index (χ1) is 9.53. The molecular formula is C15H20N2O3. The van der Waals surface area contributed by atoms with Gasteiger partial charge in [0.25, 0.3) is 0 Å². The number of piperidine rings is 1. The maximum Gasteiger partial charge on any atom is 0.330 e. The number of carboxylic acids is 1. The van der Waals surface area contributed by atoms with Crippen LogP contribution in [0.25, 0.3) is 0 Å². The van der Waals surface area contributed by atoms with E-state index < -0.39 is 17.4 Å². The molecule has 0 radical (unpaired) electrons. The summed E-state index contributed by atoms with van der Waals surface area (Å²) in [6.07, 6.45) is 1.69. The molecule has 2 unspecified atom stereocenters. The zero-order chi connectivity index (χ0) is 14.6. The molecule has 1 fully saturated rings. The summed E-state index contributed by atoms with van der Waals surface area (Å²) in [7, 11) is 0. The second-order valence-electron chi connectivity index (χ2n) is 5.50. The van der Waals surface area contributed by atoms with Gasteiger partial charge in [-0.15, -0.1) is 0 Å². The maximum atomic E-state index is 12.4. The fraction of sp³-hybridized carbons (Fsp3) is 0.467. The molecule has 1 heterocycles. The van der Waals surface area contributed by atoms with Crippen LogP contribution in [0.5, 0.6) is 0 Å². The van der Waals surface area contributed by atoms with E-state index >= 15 is 0 Å². The Labute approximate surface area is 118 Å². The first-order valence-electron chi connectivity index (χ1n) is 6.82. The summed E-state index contributed by atoms with van der Waals surface area (Å²) in [5, 5.41) is 15.2. The summed E-state index contributed by atoms with van der Waals surface area (Å²) in [4.78, 5) is 23.8. The summed E-state index contributed by atoms with van der Waals surface area (Å²) in [6.45, 7) is 3.36. The van der Waals surface area contributed by atoms with Gasteiger partial charge in [0.05, 0.1) is 5.41 Å². The van der Waals surface area contributed by atoms with Gasteiger partial charge in [-0.25, -0.2) is 4.79 Å². The number of carbonyl (C=O) groups excluding carboxylic acids is 1. The van der Waals surface area contributed by atoms with E-state index in [2.05, 4.69) is 10.6 Å². The standard InChI is InChI=1S/C15H20N2O3/c1-15(8-5-9-16-10-15)14(20)17-12(13(18)19)11-6-3-2-4-7-11/h2-4,6-7,12,16H,5,8-10H2,1H3,(H,17,20)(H,18,19). The van der Waals surface area contributed by atoms with Crippen LogP contribution in [0.15, 0.2) is 30.3 Å². The summed E-state index contributed by atoms with van der Waals surface area (Å²) in [5.41, 5.74) is 0.0431. The van der Waals surface area contributed by atoms with Gasteiger partial charge in [0, 0.05) is 6.54 Å². The van der Waals surface area contributed by atoms with Crippen LogP contribution in [0, 0.1) is 5.41 Å². The van der Waals surface area contributed by atoms with Crippen molar-refractivity contribution in [3.05, 3.63) is 35.9 Å². The highest BCUT2D eigenvalue weighted by atomic mass is 16.4. The summed E-state index contributed by atoms with van der Waals surface area (Å²) in [5.74, 6) is -1.25. The van der Waals surface area contributed by atoms with Gasteiger partial charge < -0.3 is 15.7 Å². The van der Waals surface area contributed by atoms with Gasteiger partial charge in [-0.3, -0.25) is 4.79 Å². The second-order valence-corrected chi connectivity index (χ2v) is 5.50. The Morgan fingerprint density at radius 2 is 2.05 bits per heavy atom. The summed E-state index contributed by atoms with van der Waals surface area (Å²) < 4.78 is 0. The fourth-order valence-electron chi connectivity index (χ4n) is 2.49. The van der Waals surface area contributed by atoms with E-state index in [0.717, 1.165) is 19.4 Å². The van der Waals surface area contributed by atoms with E-state index in [-0.39, 0.29) is 5.91 Å². The Balaban J connectivity index is 2.12. The number of carbonyl (C=O) groups is 2. The molecule has 0 aromatic heterocycles. The van der Waals surface area contributed by atoms with Crippen molar-refractivity contribution in [3.8, 4) is 0 Å². The van der Waals surface area contributed by atoms with Crippen molar-refractivity contribution in [2.75, 3.05) is 13.1 Å². The zero-order valence-corrected chi connectivity index (χ0v) is 11.6. The normalized spacial score (nSPS) is 23.9. The first-order valence-corrected chi connectivity index (χ1v) is 6.82. The minimum Gasteiger partial charge on any atom is -0.479 e. The van der Waals surface area contributed by atoms with Crippen LogP contribution in [-0.4, -0.2) is 30.1 Å². The van der Waals surface area contributed by atoms with Crippen LogP contribution in [0.2, 0.25) is 0 Å². The average Bonchev–Trinajstić information content (AvgIpc) is 2.45. The Morgan fingerprint density at radius 1 is 1.35 bits per heavy atom. The van der Waals surface area contributed by atoms with E-state index in [4.69, 9.17) is 0 Å². The average molecular weight is 276 g/mol. The van der Waals surface area contributed by atoms with Gasteiger partial charge in [0.2, 0.25) is 5.91 Å². The number of nitrogens with one attached hydrogen (secondary N) is 2. The molecule has 1 aliphatic heterocycles. The highest BCUT2D eigenvalue weighted by Gasteiger charge is 2.37. The summed E-state index contributed by atoms with van der Waals surface area (Å²) >= 11 is 0. The number of amides is 1. The topological polar surface area (TPSA) is 78.4 Å². The van der Waals surface area contributed by atoms with Crippen LogP contribution in [0.3, 0.4) is 0 Å². The largest absolute Gasteiger partial charge is 0.479 e. The van der Waals surface area contributed by atoms with Crippen LogP contribution in [0.4, 0.5) is 0 Å². The lowest BCUT2D eigenvalue weighted by molar-refractivity contribution is -0.144. The maximum absolute atomic E-state index is 12.4. The molecule has 108 valence electrons. The van der Waals surface area contributed by atoms with Gasteiger partial charge in [-0.1, -0.05) is 30.3 Å². The van der Waals surface area contributed by atoms with Crippen LogP contribution >= 0.6 is 0 Å². The number of benzene rings is 1. The quantitative estimate of drug-likeness (QED) is 0.775. The first kappa shape index (κ1) is 14.5. The molecule has 1 aliphatic rings. The number of hydrogen-bond acceptors (Lipinski definition) is 3. The van der Waals surface area contributed by atoms with Crippen molar-refractivity contribution in [3.63, 3.8) is 0 Å². The van der Waals surface area contributed by atoms with Crippen LogP contribution < -0.4 is 10.6 Å². The van der Waals surface area contributed by atoms with Crippen molar-refractivity contribution in [1.82, 2.24) is 10.6 Å². The third-order valence-electron chi connectivity index (χ3n) is 3.80. The third-order valence-corrected chi connectivity index (χ3v) is 3.80. The SMILES string of the molecule is CC1(C(=O)NC(C(=O)O)c2ccccc2)CCCNC1. The second kappa shape index (κ2) is 6.05. The Morgan fingerprint density at radius 3 is 2.60 bits per heavy atom. The Kier molecular flexibility index (Phi) is 4.39. The van der Waals surface area contributed by atoms with Gasteiger partial charge in [0.15, 0.2) is 6.04 Å². The Hall–Kier alpha value is -1.88. The molecule has 2 rings (SSSR count).